The Hall–Kier alpha value is -0.970. The fourth-order valence-electron chi connectivity index (χ4n) is 3.93. The van der Waals surface area contributed by atoms with Gasteiger partial charge in [-0.15, -0.1) is 0 Å². The van der Waals surface area contributed by atoms with E-state index in [4.69, 9.17) is 9.47 Å². The maximum Gasteiger partial charge on any atom is 0.0677 e. The maximum atomic E-state index is 6.03. The molecule has 1 aromatic heterocycles. The highest BCUT2D eigenvalue weighted by Crippen LogP contribution is 2.40. The molecule has 0 saturated carbocycles. The normalized spacial score (nSPS) is 30.1. The minimum absolute atomic E-state index is 0.176. The van der Waals surface area contributed by atoms with Crippen LogP contribution in [0, 0.1) is 12.3 Å². The van der Waals surface area contributed by atoms with E-state index < -0.39 is 0 Å². The number of hydrogen-bond acceptors (Lipinski definition) is 4. The molecule has 4 heteroatoms. The largest absolute Gasteiger partial charge is 0.384 e. The first-order valence-corrected chi connectivity index (χ1v) is 7.97. The van der Waals surface area contributed by atoms with Crippen molar-refractivity contribution < 1.29 is 9.47 Å². The summed E-state index contributed by atoms with van der Waals surface area (Å²) in [5.74, 6) is 0. The van der Waals surface area contributed by atoms with Gasteiger partial charge in [-0.2, -0.15) is 0 Å². The van der Waals surface area contributed by atoms with Crippen LogP contribution >= 0.6 is 0 Å². The van der Waals surface area contributed by atoms with E-state index in [0.29, 0.717) is 6.10 Å². The molecular weight excluding hydrogens is 264 g/mol. The lowest BCUT2D eigenvalue weighted by atomic mass is 9.73. The van der Waals surface area contributed by atoms with Crippen molar-refractivity contribution in [2.45, 2.75) is 38.8 Å². The van der Waals surface area contributed by atoms with Crippen molar-refractivity contribution in [1.29, 1.82) is 0 Å². The van der Waals surface area contributed by atoms with E-state index in [1.54, 1.807) is 0 Å². The van der Waals surface area contributed by atoms with Crippen molar-refractivity contribution in [1.82, 2.24) is 9.88 Å². The first kappa shape index (κ1) is 14.9. The van der Waals surface area contributed by atoms with Gasteiger partial charge in [-0.25, -0.2) is 0 Å². The highest BCUT2D eigenvalue weighted by atomic mass is 16.5. The second-order valence-electron chi connectivity index (χ2n) is 6.53. The zero-order valence-corrected chi connectivity index (χ0v) is 13.2. The number of hydrogen-bond donors (Lipinski definition) is 0. The molecule has 0 spiro atoms. The number of fused-ring (bicyclic) bond motifs is 1. The Kier molecular flexibility index (Phi) is 4.57. The number of aryl methyl sites for hydroxylation is 1. The molecule has 2 saturated heterocycles. The van der Waals surface area contributed by atoms with Crippen LogP contribution in [0.2, 0.25) is 0 Å². The summed E-state index contributed by atoms with van der Waals surface area (Å²) in [6, 6.07) is 6.27. The molecule has 116 valence electrons. The van der Waals surface area contributed by atoms with Crippen LogP contribution < -0.4 is 0 Å². The third-order valence-electron chi connectivity index (χ3n) is 4.83. The molecule has 0 amide bonds. The Labute approximate surface area is 127 Å². The Morgan fingerprint density at radius 2 is 2.38 bits per heavy atom. The molecule has 3 heterocycles. The molecule has 21 heavy (non-hydrogen) atoms. The second-order valence-corrected chi connectivity index (χ2v) is 6.53. The summed E-state index contributed by atoms with van der Waals surface area (Å²) >= 11 is 0. The van der Waals surface area contributed by atoms with Gasteiger partial charge in [-0.05, 0) is 38.3 Å². The van der Waals surface area contributed by atoms with Crippen LogP contribution in [0.5, 0.6) is 0 Å². The molecule has 3 rings (SSSR count). The molecular formula is C17H26N2O2. The van der Waals surface area contributed by atoms with Crippen LogP contribution in [0.3, 0.4) is 0 Å². The number of aromatic nitrogens is 1. The van der Waals surface area contributed by atoms with E-state index in [1.165, 1.54) is 6.42 Å². The molecule has 0 aliphatic carbocycles. The van der Waals surface area contributed by atoms with Crippen LogP contribution in [0.25, 0.3) is 0 Å². The van der Waals surface area contributed by atoms with E-state index in [1.807, 2.05) is 7.11 Å². The van der Waals surface area contributed by atoms with Gasteiger partial charge in [0, 0.05) is 44.5 Å². The van der Waals surface area contributed by atoms with Crippen LogP contribution in [0.15, 0.2) is 18.2 Å². The average molecular weight is 290 g/mol. The lowest BCUT2D eigenvalue weighted by Crippen LogP contribution is -2.56. The van der Waals surface area contributed by atoms with Crippen molar-refractivity contribution in [3.05, 3.63) is 29.6 Å². The molecule has 4 nitrogen and oxygen atoms in total. The number of likely N-dealkylation sites (tertiary alicyclic amines) is 1. The number of nitrogens with zero attached hydrogens (tertiary/aromatic N) is 2. The Morgan fingerprint density at radius 3 is 3.19 bits per heavy atom. The molecule has 2 aliphatic heterocycles. The zero-order chi connectivity index (χ0) is 14.7. The Morgan fingerprint density at radius 1 is 1.48 bits per heavy atom. The SMILES string of the molecule is COC[C@]12CCCO[C@@H]1CCN(Cc1cccc(C)n1)C2. The monoisotopic (exact) mass is 290 g/mol. The second kappa shape index (κ2) is 6.42. The van der Waals surface area contributed by atoms with Crippen molar-refractivity contribution in [2.75, 3.05) is 33.4 Å². The van der Waals surface area contributed by atoms with Gasteiger partial charge in [0.1, 0.15) is 0 Å². The van der Waals surface area contributed by atoms with Gasteiger partial charge in [0.2, 0.25) is 0 Å². The van der Waals surface area contributed by atoms with E-state index in [9.17, 15) is 0 Å². The highest BCUT2D eigenvalue weighted by Gasteiger charge is 2.45. The zero-order valence-electron chi connectivity index (χ0n) is 13.2. The van der Waals surface area contributed by atoms with Gasteiger partial charge in [0.15, 0.2) is 0 Å². The first-order valence-electron chi connectivity index (χ1n) is 7.97. The summed E-state index contributed by atoms with van der Waals surface area (Å²) in [6.45, 7) is 6.84. The lowest BCUT2D eigenvalue weighted by molar-refractivity contribution is -0.149. The standard InChI is InChI=1S/C17H26N2O2/c1-14-5-3-6-15(18-14)11-19-9-7-16-17(12-19,13-20-2)8-4-10-21-16/h3,5-6,16H,4,7-13H2,1-2H3/t16-,17-/m1/s1. The average Bonchev–Trinajstić information content (AvgIpc) is 2.47. The number of methoxy groups -OCH3 is 1. The van der Waals surface area contributed by atoms with Gasteiger partial charge in [-0.1, -0.05) is 6.07 Å². The minimum atomic E-state index is 0.176. The van der Waals surface area contributed by atoms with Gasteiger partial charge in [-0.3, -0.25) is 9.88 Å². The molecule has 0 bridgehead atoms. The number of pyridine rings is 1. The van der Waals surface area contributed by atoms with Crippen LogP contribution in [0.1, 0.15) is 30.7 Å². The molecule has 0 aromatic carbocycles. The predicted octanol–water partition coefficient (Wildman–Crippen LogP) is 2.41. The van der Waals surface area contributed by atoms with Gasteiger partial charge < -0.3 is 9.47 Å². The van der Waals surface area contributed by atoms with Crippen LogP contribution in [0.4, 0.5) is 0 Å². The van der Waals surface area contributed by atoms with Crippen molar-refractivity contribution in [3.8, 4) is 0 Å². The van der Waals surface area contributed by atoms with Crippen molar-refractivity contribution in [3.63, 3.8) is 0 Å². The molecule has 0 unspecified atom stereocenters. The lowest BCUT2D eigenvalue weighted by Gasteiger charge is -2.50. The van der Waals surface area contributed by atoms with E-state index in [-0.39, 0.29) is 5.41 Å². The van der Waals surface area contributed by atoms with E-state index in [2.05, 4.69) is 35.0 Å². The fourth-order valence-corrected chi connectivity index (χ4v) is 3.93. The minimum Gasteiger partial charge on any atom is -0.384 e. The number of ether oxygens (including phenoxy) is 2. The van der Waals surface area contributed by atoms with Gasteiger partial charge in [0.05, 0.1) is 18.4 Å². The topological polar surface area (TPSA) is 34.6 Å². The van der Waals surface area contributed by atoms with Gasteiger partial charge >= 0.3 is 0 Å². The molecule has 2 fully saturated rings. The summed E-state index contributed by atoms with van der Waals surface area (Å²) in [7, 11) is 1.81. The number of piperidine rings is 1. The highest BCUT2D eigenvalue weighted by molar-refractivity contribution is 5.10. The quantitative estimate of drug-likeness (QED) is 0.853. The fraction of sp³-hybridized carbons (Fsp3) is 0.706. The third kappa shape index (κ3) is 3.28. The summed E-state index contributed by atoms with van der Waals surface area (Å²) < 4.78 is 11.6. The Balaban J connectivity index is 1.70. The Bertz CT molecular complexity index is 476. The molecule has 2 atom stereocenters. The smallest absolute Gasteiger partial charge is 0.0677 e. The summed E-state index contributed by atoms with van der Waals surface area (Å²) in [5.41, 5.74) is 2.43. The molecule has 0 radical (unpaired) electrons. The number of rotatable bonds is 4. The third-order valence-corrected chi connectivity index (χ3v) is 4.83. The van der Waals surface area contributed by atoms with Crippen LogP contribution in [-0.2, 0) is 16.0 Å². The van der Waals surface area contributed by atoms with E-state index >= 15 is 0 Å². The van der Waals surface area contributed by atoms with Crippen molar-refractivity contribution >= 4 is 0 Å². The van der Waals surface area contributed by atoms with E-state index in [0.717, 1.165) is 57.1 Å². The van der Waals surface area contributed by atoms with Crippen molar-refractivity contribution in [2.24, 2.45) is 5.41 Å². The molecule has 1 aromatic rings. The molecule has 2 aliphatic rings. The van der Waals surface area contributed by atoms with Gasteiger partial charge in [0.25, 0.3) is 0 Å². The summed E-state index contributed by atoms with van der Waals surface area (Å²) in [4.78, 5) is 7.16. The first-order chi connectivity index (χ1) is 10.2. The van der Waals surface area contributed by atoms with Crippen LogP contribution in [-0.4, -0.2) is 49.4 Å². The maximum absolute atomic E-state index is 6.03. The molecule has 0 N–H and O–H groups in total. The summed E-state index contributed by atoms with van der Waals surface area (Å²) in [6.07, 6.45) is 3.84. The predicted molar refractivity (Wildman–Crippen MR) is 82.2 cm³/mol. The summed E-state index contributed by atoms with van der Waals surface area (Å²) in [5, 5.41) is 0.